The van der Waals surface area contributed by atoms with Gasteiger partial charge in [0.2, 0.25) is 11.8 Å². The highest BCUT2D eigenvalue weighted by Gasteiger charge is 2.27. The van der Waals surface area contributed by atoms with Crippen molar-refractivity contribution in [1.82, 2.24) is 10.6 Å². The molecule has 0 fully saturated rings. The Morgan fingerprint density at radius 2 is 1.78 bits per heavy atom. The molecule has 4 N–H and O–H groups in total. The van der Waals surface area contributed by atoms with Gasteiger partial charge in [-0.3, -0.25) is 14.4 Å². The van der Waals surface area contributed by atoms with Crippen LogP contribution in [0, 0.1) is 5.92 Å². The van der Waals surface area contributed by atoms with Crippen LogP contribution in [0.4, 0.5) is 4.79 Å². The molecule has 1 rings (SSSR count). The summed E-state index contributed by atoms with van der Waals surface area (Å²) in [6.07, 6.45) is -0.849. The van der Waals surface area contributed by atoms with Gasteiger partial charge in [0, 0.05) is 0 Å². The van der Waals surface area contributed by atoms with Crippen LogP contribution in [-0.4, -0.2) is 43.1 Å². The summed E-state index contributed by atoms with van der Waals surface area (Å²) in [5, 5.41) is 4.68. The van der Waals surface area contributed by atoms with E-state index in [1.54, 1.807) is 26.0 Å². The predicted molar refractivity (Wildman–Crippen MR) is 96.2 cm³/mol. The van der Waals surface area contributed by atoms with Gasteiger partial charge in [0.05, 0.1) is 13.0 Å². The molecular formula is C18H25N3O6. The van der Waals surface area contributed by atoms with Gasteiger partial charge in [-0.05, 0) is 18.4 Å². The second-order valence-electron chi connectivity index (χ2n) is 5.85. The number of amides is 3. The molecule has 0 bridgehead atoms. The molecule has 3 amide bonds. The van der Waals surface area contributed by atoms with Crippen molar-refractivity contribution >= 4 is 23.9 Å². The number of ether oxygens (including phenoxy) is 2. The molecule has 0 radical (unpaired) electrons. The van der Waals surface area contributed by atoms with E-state index in [4.69, 9.17) is 15.2 Å². The molecule has 9 nitrogen and oxygen atoms in total. The zero-order valence-corrected chi connectivity index (χ0v) is 15.4. The first-order chi connectivity index (χ1) is 12.8. The van der Waals surface area contributed by atoms with E-state index in [1.807, 2.05) is 18.2 Å². The van der Waals surface area contributed by atoms with E-state index in [9.17, 15) is 19.2 Å². The molecule has 0 aliphatic rings. The third-order valence-electron chi connectivity index (χ3n) is 3.59. The minimum Gasteiger partial charge on any atom is -0.466 e. The van der Waals surface area contributed by atoms with E-state index in [0.717, 1.165) is 5.56 Å². The quantitative estimate of drug-likeness (QED) is 0.506. The lowest BCUT2D eigenvalue weighted by atomic mass is 9.97. The second-order valence-corrected chi connectivity index (χ2v) is 5.85. The Hall–Kier alpha value is -3.10. The third kappa shape index (κ3) is 8.70. The van der Waals surface area contributed by atoms with Gasteiger partial charge in [-0.25, -0.2) is 4.79 Å². The van der Waals surface area contributed by atoms with Crippen molar-refractivity contribution in [2.45, 2.75) is 32.9 Å². The maximum absolute atomic E-state index is 11.9. The van der Waals surface area contributed by atoms with Crippen LogP contribution in [0.1, 0.15) is 25.8 Å². The lowest BCUT2D eigenvalue weighted by Gasteiger charge is -2.21. The van der Waals surface area contributed by atoms with Crippen molar-refractivity contribution in [2.24, 2.45) is 11.7 Å². The molecule has 2 atom stereocenters. The van der Waals surface area contributed by atoms with Crippen LogP contribution < -0.4 is 16.4 Å². The summed E-state index contributed by atoms with van der Waals surface area (Å²) in [4.78, 5) is 46.6. The van der Waals surface area contributed by atoms with Gasteiger partial charge >= 0.3 is 12.1 Å². The highest BCUT2D eigenvalue weighted by Crippen LogP contribution is 2.09. The molecule has 0 saturated heterocycles. The summed E-state index contributed by atoms with van der Waals surface area (Å²) in [6, 6.07) is 7.98. The maximum Gasteiger partial charge on any atom is 0.407 e. The van der Waals surface area contributed by atoms with Crippen molar-refractivity contribution in [1.29, 1.82) is 0 Å². The number of nitrogens with one attached hydrogen (secondary N) is 2. The number of carbonyl (C=O) groups excluding carboxylic acids is 4. The van der Waals surface area contributed by atoms with Gasteiger partial charge in [-0.2, -0.15) is 0 Å². The van der Waals surface area contributed by atoms with Crippen molar-refractivity contribution in [2.75, 3.05) is 13.2 Å². The Bertz CT molecular complexity index is 650. The van der Waals surface area contributed by atoms with E-state index in [2.05, 4.69) is 10.6 Å². The number of primary amides is 1. The van der Waals surface area contributed by atoms with E-state index < -0.39 is 42.4 Å². The Morgan fingerprint density at radius 3 is 2.37 bits per heavy atom. The van der Waals surface area contributed by atoms with Gasteiger partial charge in [-0.1, -0.05) is 37.3 Å². The van der Waals surface area contributed by atoms with E-state index in [-0.39, 0.29) is 19.6 Å². The Labute approximate surface area is 157 Å². The molecule has 0 spiro atoms. The number of benzene rings is 1. The number of hydrogen-bond acceptors (Lipinski definition) is 6. The molecule has 0 aliphatic heterocycles. The molecule has 0 aliphatic carbocycles. The second kappa shape index (κ2) is 11.5. The average Bonchev–Trinajstić information content (AvgIpc) is 2.63. The number of alkyl carbamates (subject to hydrolysis) is 1. The largest absolute Gasteiger partial charge is 0.466 e. The zero-order chi connectivity index (χ0) is 20.2. The van der Waals surface area contributed by atoms with Crippen LogP contribution in [0.15, 0.2) is 30.3 Å². The van der Waals surface area contributed by atoms with Crippen molar-refractivity contribution in [3.8, 4) is 0 Å². The van der Waals surface area contributed by atoms with Gasteiger partial charge in [0.15, 0.2) is 0 Å². The van der Waals surface area contributed by atoms with Gasteiger partial charge < -0.3 is 25.8 Å². The summed E-state index contributed by atoms with van der Waals surface area (Å²) >= 11 is 0. The fourth-order valence-corrected chi connectivity index (χ4v) is 2.25. The smallest absolute Gasteiger partial charge is 0.407 e. The SMILES string of the molecule is CCOC(=O)C[C@H](C)[C@@H](NC(=O)CNC(=O)OCc1ccccc1)C(N)=O. The minimum absolute atomic E-state index is 0.0643. The summed E-state index contributed by atoms with van der Waals surface area (Å²) in [5.41, 5.74) is 6.09. The number of nitrogens with two attached hydrogens (primary N) is 1. The molecule has 0 unspecified atom stereocenters. The summed E-state index contributed by atoms with van der Waals surface area (Å²) in [7, 11) is 0. The highest BCUT2D eigenvalue weighted by atomic mass is 16.5. The molecule has 148 valence electrons. The molecule has 1 aromatic rings. The van der Waals surface area contributed by atoms with E-state index in [1.165, 1.54) is 0 Å². The Morgan fingerprint density at radius 1 is 1.11 bits per heavy atom. The number of carbonyl (C=O) groups is 4. The zero-order valence-electron chi connectivity index (χ0n) is 15.4. The summed E-state index contributed by atoms with van der Waals surface area (Å²) < 4.78 is 9.79. The molecule has 9 heteroatoms. The monoisotopic (exact) mass is 379 g/mol. The molecular weight excluding hydrogens is 354 g/mol. The number of esters is 1. The first-order valence-electron chi connectivity index (χ1n) is 8.52. The first kappa shape index (κ1) is 21.9. The van der Waals surface area contributed by atoms with Crippen LogP contribution in [-0.2, 0) is 30.5 Å². The predicted octanol–water partition coefficient (Wildman–Crippen LogP) is 0.472. The van der Waals surface area contributed by atoms with E-state index >= 15 is 0 Å². The lowest BCUT2D eigenvalue weighted by molar-refractivity contribution is -0.144. The first-order valence-corrected chi connectivity index (χ1v) is 8.52. The van der Waals surface area contributed by atoms with Crippen molar-refractivity contribution in [3.05, 3.63) is 35.9 Å². The summed E-state index contributed by atoms with van der Waals surface area (Å²) in [5.74, 6) is -2.47. The minimum atomic E-state index is -1.07. The van der Waals surface area contributed by atoms with Crippen LogP contribution in [0.2, 0.25) is 0 Å². The van der Waals surface area contributed by atoms with Crippen LogP contribution in [0.25, 0.3) is 0 Å². The van der Waals surface area contributed by atoms with Gasteiger partial charge in [0.25, 0.3) is 0 Å². The molecule has 27 heavy (non-hydrogen) atoms. The van der Waals surface area contributed by atoms with Gasteiger partial charge in [0.1, 0.15) is 19.2 Å². The highest BCUT2D eigenvalue weighted by molar-refractivity contribution is 5.89. The number of hydrogen-bond donors (Lipinski definition) is 3. The topological polar surface area (TPSA) is 137 Å². The fourth-order valence-electron chi connectivity index (χ4n) is 2.25. The maximum atomic E-state index is 11.9. The average molecular weight is 379 g/mol. The van der Waals surface area contributed by atoms with Crippen molar-refractivity contribution in [3.63, 3.8) is 0 Å². The standard InChI is InChI=1S/C18H25N3O6/c1-3-26-15(23)9-12(2)16(17(19)24)21-14(22)10-20-18(25)27-11-13-7-5-4-6-8-13/h4-8,12,16H,3,9-11H2,1-2H3,(H2,19,24)(H,20,25)(H,21,22)/t12-,16+/m0/s1. The molecule has 0 aromatic heterocycles. The summed E-state index contributed by atoms with van der Waals surface area (Å²) in [6.45, 7) is 3.14. The molecule has 1 aromatic carbocycles. The van der Waals surface area contributed by atoms with Crippen LogP contribution >= 0.6 is 0 Å². The molecule has 0 saturated carbocycles. The number of rotatable bonds is 10. The van der Waals surface area contributed by atoms with Crippen LogP contribution in [0.3, 0.4) is 0 Å². The normalized spacial score (nSPS) is 12.4. The van der Waals surface area contributed by atoms with E-state index in [0.29, 0.717) is 0 Å². The molecule has 0 heterocycles. The third-order valence-corrected chi connectivity index (χ3v) is 3.59. The fraction of sp³-hybridized carbons (Fsp3) is 0.444. The van der Waals surface area contributed by atoms with Crippen molar-refractivity contribution < 1.29 is 28.7 Å². The Balaban J connectivity index is 2.41. The van der Waals surface area contributed by atoms with Gasteiger partial charge in [-0.15, -0.1) is 0 Å². The van der Waals surface area contributed by atoms with Crippen LogP contribution in [0.5, 0.6) is 0 Å². The Kier molecular flexibility index (Phi) is 9.35. The lowest BCUT2D eigenvalue weighted by Crippen LogP contribution is -2.51.